The summed E-state index contributed by atoms with van der Waals surface area (Å²) < 4.78 is 11.9. The first-order chi connectivity index (χ1) is 16.7. The van der Waals surface area contributed by atoms with Crippen molar-refractivity contribution >= 4 is 16.8 Å². The normalized spacial score (nSPS) is 20.5. The van der Waals surface area contributed by atoms with Crippen molar-refractivity contribution in [3.8, 4) is 0 Å². The SMILES string of the molecule is O=C1CN(Cc2ccnc3ccccc23)C[C@@H](OCc2ccccc2)CN1CC1CCOCC1. The third-order valence-corrected chi connectivity index (χ3v) is 6.88. The molecule has 5 rings (SSSR count). The lowest BCUT2D eigenvalue weighted by Crippen LogP contribution is -2.42. The van der Waals surface area contributed by atoms with Gasteiger partial charge < -0.3 is 14.4 Å². The van der Waals surface area contributed by atoms with Gasteiger partial charge in [-0.1, -0.05) is 48.5 Å². The summed E-state index contributed by atoms with van der Waals surface area (Å²) in [5, 5.41) is 1.14. The highest BCUT2D eigenvalue weighted by Crippen LogP contribution is 2.22. The summed E-state index contributed by atoms with van der Waals surface area (Å²) in [6, 6.07) is 20.5. The molecule has 2 fully saturated rings. The third-order valence-electron chi connectivity index (χ3n) is 6.88. The number of para-hydroxylation sites is 1. The largest absolute Gasteiger partial charge is 0.381 e. The summed E-state index contributed by atoms with van der Waals surface area (Å²) in [6.45, 7) is 5.40. The number of nitrogens with zero attached hydrogens (tertiary/aromatic N) is 3. The molecule has 2 saturated heterocycles. The second kappa shape index (κ2) is 11.1. The Hall–Kier alpha value is -2.80. The van der Waals surface area contributed by atoms with Gasteiger partial charge in [-0.2, -0.15) is 0 Å². The Balaban J connectivity index is 1.33. The van der Waals surface area contributed by atoms with Crippen LogP contribution in [0.1, 0.15) is 24.0 Å². The van der Waals surface area contributed by atoms with Gasteiger partial charge in [0.15, 0.2) is 0 Å². The van der Waals surface area contributed by atoms with E-state index in [-0.39, 0.29) is 12.0 Å². The van der Waals surface area contributed by atoms with Gasteiger partial charge in [0.1, 0.15) is 0 Å². The second-order valence-electron chi connectivity index (χ2n) is 9.43. The first kappa shape index (κ1) is 23.0. The zero-order chi connectivity index (χ0) is 23.2. The molecule has 0 radical (unpaired) electrons. The lowest BCUT2D eigenvalue weighted by Gasteiger charge is -2.30. The molecule has 2 aromatic carbocycles. The molecule has 1 amide bonds. The Morgan fingerprint density at radius 3 is 2.62 bits per heavy atom. The molecule has 0 bridgehead atoms. The number of carbonyl (C=O) groups excluding carboxylic acids is 1. The van der Waals surface area contributed by atoms with Gasteiger partial charge in [-0.3, -0.25) is 14.7 Å². The summed E-state index contributed by atoms with van der Waals surface area (Å²) in [7, 11) is 0. The molecule has 0 spiro atoms. The summed E-state index contributed by atoms with van der Waals surface area (Å²) in [5.41, 5.74) is 3.33. The maximum absolute atomic E-state index is 13.4. The Kier molecular flexibility index (Phi) is 7.49. The first-order valence-corrected chi connectivity index (χ1v) is 12.3. The predicted octanol–water partition coefficient (Wildman–Crippen LogP) is 3.89. The average Bonchev–Trinajstić information content (AvgIpc) is 3.02. The highest BCUT2D eigenvalue weighted by atomic mass is 16.5. The molecule has 0 saturated carbocycles. The van der Waals surface area contributed by atoms with Gasteiger partial charge in [0.05, 0.1) is 24.8 Å². The molecule has 2 aliphatic rings. The number of rotatable bonds is 7. The van der Waals surface area contributed by atoms with Crippen molar-refractivity contribution in [2.45, 2.75) is 32.1 Å². The van der Waals surface area contributed by atoms with Crippen LogP contribution in [0.15, 0.2) is 66.9 Å². The Bertz CT molecular complexity index is 1080. The van der Waals surface area contributed by atoms with E-state index in [1.807, 2.05) is 47.5 Å². The van der Waals surface area contributed by atoms with Crippen LogP contribution in [0.2, 0.25) is 0 Å². The number of fused-ring (bicyclic) bond motifs is 1. The van der Waals surface area contributed by atoms with Gasteiger partial charge in [-0.05, 0) is 42.0 Å². The van der Waals surface area contributed by atoms with Gasteiger partial charge in [-0.25, -0.2) is 0 Å². The zero-order valence-corrected chi connectivity index (χ0v) is 19.6. The molecule has 3 heterocycles. The second-order valence-corrected chi connectivity index (χ2v) is 9.43. The molecule has 34 heavy (non-hydrogen) atoms. The Morgan fingerprint density at radius 2 is 1.76 bits per heavy atom. The third kappa shape index (κ3) is 5.81. The van der Waals surface area contributed by atoms with E-state index in [9.17, 15) is 4.79 Å². The van der Waals surface area contributed by atoms with Crippen molar-refractivity contribution in [3.05, 3.63) is 78.0 Å². The molecule has 1 atom stereocenters. The highest BCUT2D eigenvalue weighted by Gasteiger charge is 2.30. The fraction of sp³-hybridized carbons (Fsp3) is 0.429. The van der Waals surface area contributed by atoms with Gasteiger partial charge in [-0.15, -0.1) is 0 Å². The minimum atomic E-state index is -0.0420. The molecule has 0 aliphatic carbocycles. The average molecular weight is 460 g/mol. The number of aromatic nitrogens is 1. The van der Waals surface area contributed by atoms with Crippen molar-refractivity contribution in [2.75, 3.05) is 39.4 Å². The van der Waals surface area contributed by atoms with Crippen LogP contribution in [0, 0.1) is 5.92 Å². The minimum absolute atomic E-state index is 0.0420. The summed E-state index contributed by atoms with van der Waals surface area (Å²) in [6.07, 6.45) is 3.86. The van der Waals surface area contributed by atoms with Gasteiger partial charge in [0, 0.05) is 51.0 Å². The maximum Gasteiger partial charge on any atom is 0.236 e. The Labute approximate surface area is 201 Å². The number of pyridine rings is 1. The quantitative estimate of drug-likeness (QED) is 0.537. The Morgan fingerprint density at radius 1 is 0.971 bits per heavy atom. The standard InChI is InChI=1S/C28H33N3O3/c32-28-20-30(17-24-10-13-29-27-9-5-4-8-26(24)27)18-25(34-21-23-6-2-1-3-7-23)19-31(28)16-22-11-14-33-15-12-22/h1-10,13,22,25H,11-12,14-21H2/t25-/m1/s1. The first-order valence-electron chi connectivity index (χ1n) is 12.3. The highest BCUT2D eigenvalue weighted by molar-refractivity contribution is 5.82. The molecule has 6 nitrogen and oxygen atoms in total. The molecule has 2 aliphatic heterocycles. The van der Waals surface area contributed by atoms with E-state index in [2.05, 4.69) is 34.1 Å². The number of amides is 1. The van der Waals surface area contributed by atoms with E-state index in [1.165, 1.54) is 5.56 Å². The molecular weight excluding hydrogens is 426 g/mol. The van der Waals surface area contributed by atoms with Gasteiger partial charge >= 0.3 is 0 Å². The number of hydrogen-bond donors (Lipinski definition) is 0. The van der Waals surface area contributed by atoms with E-state index in [0.717, 1.165) is 55.6 Å². The van der Waals surface area contributed by atoms with E-state index >= 15 is 0 Å². The topological polar surface area (TPSA) is 54.9 Å². The zero-order valence-electron chi connectivity index (χ0n) is 19.6. The van der Waals surface area contributed by atoms with Crippen LogP contribution in [-0.4, -0.2) is 66.2 Å². The number of carbonyl (C=O) groups is 1. The van der Waals surface area contributed by atoms with Crippen molar-refractivity contribution in [1.29, 1.82) is 0 Å². The molecular formula is C28H33N3O3. The van der Waals surface area contributed by atoms with Gasteiger partial charge in [0.2, 0.25) is 5.91 Å². The van der Waals surface area contributed by atoms with E-state index in [1.54, 1.807) is 0 Å². The molecule has 0 unspecified atom stereocenters. The summed E-state index contributed by atoms with van der Waals surface area (Å²) >= 11 is 0. The number of hydrogen-bond acceptors (Lipinski definition) is 5. The molecule has 6 heteroatoms. The molecule has 1 aromatic heterocycles. The van der Waals surface area contributed by atoms with E-state index in [4.69, 9.17) is 9.47 Å². The number of benzene rings is 2. The maximum atomic E-state index is 13.4. The van der Waals surface area contributed by atoms with Crippen LogP contribution in [-0.2, 0) is 27.4 Å². The smallest absolute Gasteiger partial charge is 0.236 e. The van der Waals surface area contributed by atoms with Crippen LogP contribution >= 0.6 is 0 Å². The monoisotopic (exact) mass is 459 g/mol. The fourth-order valence-electron chi connectivity index (χ4n) is 5.01. The van der Waals surface area contributed by atoms with Crippen LogP contribution in [0.25, 0.3) is 10.9 Å². The molecule has 3 aromatic rings. The van der Waals surface area contributed by atoms with Crippen molar-refractivity contribution in [1.82, 2.24) is 14.8 Å². The van der Waals surface area contributed by atoms with Crippen LogP contribution in [0.3, 0.4) is 0 Å². The van der Waals surface area contributed by atoms with E-state index in [0.29, 0.717) is 32.2 Å². The summed E-state index contributed by atoms with van der Waals surface area (Å²) in [4.78, 5) is 22.1. The van der Waals surface area contributed by atoms with Crippen LogP contribution < -0.4 is 0 Å². The molecule has 0 N–H and O–H groups in total. The van der Waals surface area contributed by atoms with E-state index < -0.39 is 0 Å². The van der Waals surface area contributed by atoms with Crippen molar-refractivity contribution in [2.24, 2.45) is 5.92 Å². The van der Waals surface area contributed by atoms with Crippen LogP contribution in [0.5, 0.6) is 0 Å². The summed E-state index contributed by atoms with van der Waals surface area (Å²) in [5.74, 6) is 0.693. The molecule has 178 valence electrons. The minimum Gasteiger partial charge on any atom is -0.381 e. The fourth-order valence-corrected chi connectivity index (χ4v) is 5.01. The van der Waals surface area contributed by atoms with Crippen molar-refractivity contribution < 1.29 is 14.3 Å². The lowest BCUT2D eigenvalue weighted by atomic mass is 9.99. The van der Waals surface area contributed by atoms with Gasteiger partial charge in [0.25, 0.3) is 0 Å². The predicted molar refractivity (Wildman–Crippen MR) is 132 cm³/mol. The van der Waals surface area contributed by atoms with Crippen LogP contribution in [0.4, 0.5) is 0 Å². The number of ether oxygens (including phenoxy) is 2. The lowest BCUT2D eigenvalue weighted by molar-refractivity contribution is -0.133. The van der Waals surface area contributed by atoms with Crippen molar-refractivity contribution in [3.63, 3.8) is 0 Å².